The van der Waals surface area contributed by atoms with Gasteiger partial charge in [-0.2, -0.15) is 13.2 Å². The molecule has 20 heavy (non-hydrogen) atoms. The summed E-state index contributed by atoms with van der Waals surface area (Å²) in [7, 11) is 0. The number of halogens is 3. The number of nitrogens with zero attached hydrogens (tertiary/aromatic N) is 2. The SMILES string of the molecule is CCN(CC)C(=O)c1cc(NCCC(F)(F)F)ccn1. The van der Waals surface area contributed by atoms with Gasteiger partial charge in [0.05, 0.1) is 6.42 Å². The van der Waals surface area contributed by atoms with E-state index >= 15 is 0 Å². The van der Waals surface area contributed by atoms with Crippen LogP contribution in [0.2, 0.25) is 0 Å². The van der Waals surface area contributed by atoms with Gasteiger partial charge in [0.25, 0.3) is 5.91 Å². The van der Waals surface area contributed by atoms with Crippen molar-refractivity contribution >= 4 is 11.6 Å². The number of hydrogen-bond donors (Lipinski definition) is 1. The van der Waals surface area contributed by atoms with E-state index in [2.05, 4.69) is 10.3 Å². The van der Waals surface area contributed by atoms with Crippen molar-refractivity contribution in [2.24, 2.45) is 0 Å². The highest BCUT2D eigenvalue weighted by molar-refractivity contribution is 5.93. The molecule has 112 valence electrons. The molecule has 1 amide bonds. The van der Waals surface area contributed by atoms with Crippen molar-refractivity contribution in [2.75, 3.05) is 25.0 Å². The Morgan fingerprint density at radius 1 is 1.35 bits per heavy atom. The molecular weight excluding hydrogens is 271 g/mol. The maximum atomic E-state index is 12.1. The highest BCUT2D eigenvalue weighted by Crippen LogP contribution is 2.19. The standard InChI is InChI=1S/C13H18F3N3O/c1-3-19(4-2)12(20)11-9-10(5-7-18-11)17-8-6-13(14,15)16/h5,7,9H,3-4,6,8H2,1-2H3,(H,17,18). The Balaban J connectivity index is 2.68. The largest absolute Gasteiger partial charge is 0.390 e. The van der Waals surface area contributed by atoms with Crippen LogP contribution in [0, 0.1) is 0 Å². The molecule has 1 rings (SSSR count). The summed E-state index contributed by atoms with van der Waals surface area (Å²) in [5.74, 6) is -0.227. The second-order valence-electron chi connectivity index (χ2n) is 4.20. The van der Waals surface area contributed by atoms with Gasteiger partial charge in [0.15, 0.2) is 0 Å². The molecule has 0 aliphatic heterocycles. The van der Waals surface area contributed by atoms with Gasteiger partial charge in [-0.15, -0.1) is 0 Å². The lowest BCUT2D eigenvalue weighted by Crippen LogP contribution is -2.31. The third kappa shape index (κ3) is 5.07. The van der Waals surface area contributed by atoms with Crippen molar-refractivity contribution in [2.45, 2.75) is 26.4 Å². The van der Waals surface area contributed by atoms with Crippen LogP contribution in [0.5, 0.6) is 0 Å². The number of aromatic nitrogens is 1. The molecule has 0 radical (unpaired) electrons. The van der Waals surface area contributed by atoms with Gasteiger partial charge in [0, 0.05) is 31.5 Å². The fourth-order valence-electron chi connectivity index (χ4n) is 1.68. The number of rotatable bonds is 6. The van der Waals surface area contributed by atoms with Crippen LogP contribution in [0.25, 0.3) is 0 Å². The molecule has 0 atom stereocenters. The number of nitrogens with one attached hydrogen (secondary N) is 1. The molecule has 0 fully saturated rings. The van der Waals surface area contributed by atoms with Crippen molar-refractivity contribution < 1.29 is 18.0 Å². The second-order valence-corrected chi connectivity index (χ2v) is 4.20. The number of alkyl halides is 3. The predicted octanol–water partition coefficient (Wildman–Crippen LogP) is 2.93. The third-order valence-corrected chi connectivity index (χ3v) is 2.77. The number of anilines is 1. The molecule has 0 unspecified atom stereocenters. The Morgan fingerprint density at radius 3 is 2.55 bits per heavy atom. The summed E-state index contributed by atoms with van der Waals surface area (Å²) < 4.78 is 36.2. The van der Waals surface area contributed by atoms with Gasteiger partial charge in [0.1, 0.15) is 5.69 Å². The van der Waals surface area contributed by atoms with Crippen LogP contribution in [-0.4, -0.2) is 41.6 Å². The van der Waals surface area contributed by atoms with Crippen LogP contribution in [-0.2, 0) is 0 Å². The Kier molecular flexibility index (Phi) is 5.79. The monoisotopic (exact) mass is 289 g/mol. The zero-order valence-electron chi connectivity index (χ0n) is 11.5. The quantitative estimate of drug-likeness (QED) is 0.875. The number of pyridine rings is 1. The van der Waals surface area contributed by atoms with Gasteiger partial charge in [-0.3, -0.25) is 9.78 Å². The molecule has 4 nitrogen and oxygen atoms in total. The van der Waals surface area contributed by atoms with E-state index < -0.39 is 12.6 Å². The third-order valence-electron chi connectivity index (χ3n) is 2.77. The fourth-order valence-corrected chi connectivity index (χ4v) is 1.68. The van der Waals surface area contributed by atoms with Crippen molar-refractivity contribution in [1.29, 1.82) is 0 Å². The van der Waals surface area contributed by atoms with E-state index in [1.54, 1.807) is 4.90 Å². The normalized spacial score (nSPS) is 11.2. The van der Waals surface area contributed by atoms with Gasteiger partial charge in [-0.1, -0.05) is 0 Å². The van der Waals surface area contributed by atoms with Crippen LogP contribution < -0.4 is 5.32 Å². The van der Waals surface area contributed by atoms with Crippen LogP contribution in [0.4, 0.5) is 18.9 Å². The van der Waals surface area contributed by atoms with Gasteiger partial charge in [-0.05, 0) is 26.0 Å². The molecule has 1 aromatic rings. The van der Waals surface area contributed by atoms with Crippen LogP contribution in [0.1, 0.15) is 30.8 Å². The summed E-state index contributed by atoms with van der Waals surface area (Å²) in [4.78, 5) is 17.6. The van der Waals surface area contributed by atoms with Crippen molar-refractivity contribution in [1.82, 2.24) is 9.88 Å². The lowest BCUT2D eigenvalue weighted by atomic mass is 10.2. The van der Waals surface area contributed by atoms with Crippen molar-refractivity contribution in [3.63, 3.8) is 0 Å². The van der Waals surface area contributed by atoms with Crippen LogP contribution in [0.3, 0.4) is 0 Å². The molecule has 0 aromatic carbocycles. The fraction of sp³-hybridized carbons (Fsp3) is 0.538. The first kappa shape index (κ1) is 16.3. The van der Waals surface area contributed by atoms with Gasteiger partial charge >= 0.3 is 6.18 Å². The minimum Gasteiger partial charge on any atom is -0.385 e. The summed E-state index contributed by atoms with van der Waals surface area (Å²) in [6, 6.07) is 3.01. The Bertz CT molecular complexity index is 445. The maximum Gasteiger partial charge on any atom is 0.390 e. The van der Waals surface area contributed by atoms with Crippen LogP contribution in [0.15, 0.2) is 18.3 Å². The Labute approximate surface area is 116 Å². The molecule has 1 N–H and O–H groups in total. The molecule has 0 aliphatic rings. The summed E-state index contributed by atoms with van der Waals surface area (Å²) in [5, 5.41) is 2.64. The molecule has 0 saturated carbocycles. The van der Waals surface area contributed by atoms with Crippen molar-refractivity contribution in [3.8, 4) is 0 Å². The van der Waals surface area contributed by atoms with E-state index in [1.165, 1.54) is 18.3 Å². The molecule has 1 heterocycles. The molecule has 0 bridgehead atoms. The first-order valence-electron chi connectivity index (χ1n) is 6.43. The smallest absolute Gasteiger partial charge is 0.385 e. The van der Waals surface area contributed by atoms with Gasteiger partial charge in [-0.25, -0.2) is 0 Å². The number of carbonyl (C=O) groups excluding carboxylic acids is 1. The topological polar surface area (TPSA) is 45.2 Å². The highest BCUT2D eigenvalue weighted by atomic mass is 19.4. The Morgan fingerprint density at radius 2 is 2.00 bits per heavy atom. The van der Waals surface area contributed by atoms with E-state index in [9.17, 15) is 18.0 Å². The van der Waals surface area contributed by atoms with Crippen LogP contribution >= 0.6 is 0 Å². The number of carbonyl (C=O) groups is 1. The predicted molar refractivity (Wildman–Crippen MR) is 70.7 cm³/mol. The Hall–Kier alpha value is -1.79. The first-order valence-corrected chi connectivity index (χ1v) is 6.43. The van der Waals surface area contributed by atoms with E-state index in [4.69, 9.17) is 0 Å². The van der Waals surface area contributed by atoms with E-state index in [0.29, 0.717) is 18.8 Å². The average Bonchev–Trinajstić information content (AvgIpc) is 2.39. The van der Waals surface area contributed by atoms with Gasteiger partial charge in [0.2, 0.25) is 0 Å². The number of amides is 1. The van der Waals surface area contributed by atoms with E-state index in [0.717, 1.165) is 0 Å². The lowest BCUT2D eigenvalue weighted by molar-refractivity contribution is -0.131. The zero-order valence-corrected chi connectivity index (χ0v) is 11.5. The molecule has 1 aromatic heterocycles. The maximum absolute atomic E-state index is 12.1. The highest BCUT2D eigenvalue weighted by Gasteiger charge is 2.26. The summed E-state index contributed by atoms with van der Waals surface area (Å²) in [5.41, 5.74) is 0.686. The molecule has 0 aliphatic carbocycles. The van der Waals surface area contributed by atoms with E-state index in [1.807, 2.05) is 13.8 Å². The van der Waals surface area contributed by atoms with Crippen molar-refractivity contribution in [3.05, 3.63) is 24.0 Å². The molecule has 7 heteroatoms. The zero-order chi connectivity index (χ0) is 15.2. The lowest BCUT2D eigenvalue weighted by Gasteiger charge is -2.18. The van der Waals surface area contributed by atoms with Gasteiger partial charge < -0.3 is 10.2 Å². The molecular formula is C13H18F3N3O. The molecule has 0 spiro atoms. The summed E-state index contributed by atoms with van der Waals surface area (Å²) >= 11 is 0. The second kappa shape index (κ2) is 7.12. The molecule has 0 saturated heterocycles. The van der Waals surface area contributed by atoms with E-state index in [-0.39, 0.29) is 18.1 Å². The first-order chi connectivity index (χ1) is 9.37. The minimum atomic E-state index is -4.19. The summed E-state index contributed by atoms with van der Waals surface area (Å²) in [6.45, 7) is 4.59. The average molecular weight is 289 g/mol. The summed E-state index contributed by atoms with van der Waals surface area (Å²) in [6.07, 6.45) is -3.71. The minimum absolute atomic E-state index is 0.227. The number of hydrogen-bond acceptors (Lipinski definition) is 3.